The summed E-state index contributed by atoms with van der Waals surface area (Å²) >= 11 is 0. The van der Waals surface area contributed by atoms with E-state index >= 15 is 0 Å². The average Bonchev–Trinajstić information content (AvgIpc) is 2.39. The third kappa shape index (κ3) is 9.11. The van der Waals surface area contributed by atoms with Crippen molar-refractivity contribution in [3.8, 4) is 95.4 Å². The molecule has 1 heteroatoms. The Morgan fingerprint density at radius 2 is 1.06 bits per heavy atom. The average molecular weight is 220 g/mol. The lowest BCUT2D eigenvalue weighted by molar-refractivity contribution is 1.92. The zero-order chi connectivity index (χ0) is 13.5. The summed E-state index contributed by atoms with van der Waals surface area (Å²) in [4.78, 5) is 0. The van der Waals surface area contributed by atoms with Gasteiger partial charge in [-0.2, -0.15) is 0 Å². The molecule has 0 aliphatic heterocycles. The molecule has 0 aromatic rings. The van der Waals surface area contributed by atoms with Gasteiger partial charge in [0.25, 0.3) is 0 Å². The lowest BCUT2D eigenvalue weighted by Gasteiger charge is -1.78. The van der Waals surface area contributed by atoms with Gasteiger partial charge < -0.3 is 0 Å². The van der Waals surface area contributed by atoms with Crippen LogP contribution in [0.25, 0.3) is 0 Å². The molecule has 0 aromatic heterocycles. The van der Waals surface area contributed by atoms with Gasteiger partial charge in [-0.3, -0.25) is 0 Å². The molecule has 0 bridgehead atoms. The first-order valence-electron chi connectivity index (χ1n) is 4.69. The van der Waals surface area contributed by atoms with E-state index < -0.39 is 6.71 Å². The van der Waals surface area contributed by atoms with E-state index in [2.05, 4.69) is 82.6 Å². The van der Waals surface area contributed by atoms with Crippen LogP contribution in [0.15, 0.2) is 0 Å². The predicted octanol–water partition coefficient (Wildman–Crippen LogP) is 0.405. The van der Waals surface area contributed by atoms with Crippen molar-refractivity contribution in [3.05, 3.63) is 0 Å². The van der Waals surface area contributed by atoms with Crippen LogP contribution in [0.3, 0.4) is 0 Å². The molecule has 76 valence electrons. The van der Waals surface area contributed by atoms with Crippen LogP contribution in [0.1, 0.15) is 6.92 Å². The van der Waals surface area contributed by atoms with Gasteiger partial charge in [-0.15, -0.1) is 30.3 Å². The molecule has 0 aromatic carbocycles. The molecule has 0 atom stereocenters. The van der Waals surface area contributed by atoms with E-state index in [0.717, 1.165) is 0 Å². The Labute approximate surface area is 109 Å². The summed E-state index contributed by atoms with van der Waals surface area (Å²) in [5.74, 6) is 35.2. The highest BCUT2D eigenvalue weighted by Gasteiger charge is 2.00. The van der Waals surface area contributed by atoms with Gasteiger partial charge in [0.15, 0.2) is 0 Å². The molecule has 0 unspecified atom stereocenters. The largest absolute Gasteiger partial charge is 0.398 e. The number of hydrogen-bond donors (Lipinski definition) is 0. The van der Waals surface area contributed by atoms with Gasteiger partial charge in [0.05, 0.1) is 0 Å². The van der Waals surface area contributed by atoms with Crippen molar-refractivity contribution in [2.45, 2.75) is 6.92 Å². The van der Waals surface area contributed by atoms with Gasteiger partial charge in [-0.25, -0.2) is 0 Å². The summed E-state index contributed by atoms with van der Waals surface area (Å²) in [5, 5.41) is 0. The van der Waals surface area contributed by atoms with Gasteiger partial charge in [0.2, 0.25) is 0 Å². The van der Waals surface area contributed by atoms with Crippen LogP contribution >= 0.6 is 0 Å². The normalized spacial score (nSPS) is 4.39. The smallest absolute Gasteiger partial charge is 0.106 e. The maximum absolute atomic E-state index is 4.95. The molecule has 0 nitrogen and oxygen atoms in total. The van der Waals surface area contributed by atoms with E-state index in [1.54, 1.807) is 6.92 Å². The van der Waals surface area contributed by atoms with Crippen molar-refractivity contribution in [2.24, 2.45) is 0 Å². The fourth-order valence-corrected chi connectivity index (χ4v) is 0.630. The molecule has 0 aliphatic rings. The summed E-state index contributed by atoms with van der Waals surface area (Å²) in [7, 11) is 0. The van der Waals surface area contributed by atoms with E-state index in [0.29, 0.717) is 0 Å². The highest BCUT2D eigenvalue weighted by Crippen LogP contribution is 1.75. The molecule has 18 heavy (non-hydrogen) atoms. The first kappa shape index (κ1) is 14.5. The third-order valence-electron chi connectivity index (χ3n) is 1.23. The molecular weight excluding hydrogens is 215 g/mol. The fourth-order valence-electron chi connectivity index (χ4n) is 0.630. The highest BCUT2D eigenvalue weighted by molar-refractivity contribution is 6.82. The minimum absolute atomic E-state index is 0.481. The van der Waals surface area contributed by atoms with Crippen LogP contribution in [0.2, 0.25) is 0 Å². The van der Waals surface area contributed by atoms with Gasteiger partial charge in [-0.1, -0.05) is 5.92 Å². The Bertz CT molecular complexity index is 694. The molecule has 0 saturated carbocycles. The highest BCUT2D eigenvalue weighted by atomic mass is 13.6. The quantitative estimate of drug-likeness (QED) is 0.409. The van der Waals surface area contributed by atoms with Crippen molar-refractivity contribution < 1.29 is 0 Å². The first-order valence-corrected chi connectivity index (χ1v) is 4.69. The van der Waals surface area contributed by atoms with Crippen LogP contribution in [0.4, 0.5) is 0 Å². The molecule has 0 radical (unpaired) electrons. The zero-order valence-electron chi connectivity index (χ0n) is 9.73. The molecule has 0 saturated heterocycles. The van der Waals surface area contributed by atoms with E-state index in [1.807, 2.05) is 0 Å². The minimum atomic E-state index is -0.481. The topological polar surface area (TPSA) is 0 Å². The Balaban J connectivity index is 5.05. The Kier molecular flexibility index (Phi) is 9.39. The van der Waals surface area contributed by atoms with E-state index in [4.69, 9.17) is 12.8 Å². The monoisotopic (exact) mass is 220 g/mol. The van der Waals surface area contributed by atoms with Gasteiger partial charge in [-0.05, 0) is 66.1 Å². The molecule has 0 rings (SSSR count). The summed E-state index contributed by atoms with van der Waals surface area (Å²) in [5.41, 5.74) is 0. The maximum atomic E-state index is 4.95. The summed E-state index contributed by atoms with van der Waals surface area (Å²) in [6.45, 7) is 1.21. The number of terminal acetylenes is 2. The van der Waals surface area contributed by atoms with Crippen molar-refractivity contribution in [2.75, 3.05) is 0 Å². The second kappa shape index (κ2) is 11.6. The van der Waals surface area contributed by atoms with E-state index in [1.165, 1.54) is 0 Å². The second-order valence-corrected chi connectivity index (χ2v) is 2.40. The fraction of sp³-hybridized carbons (Fsp3) is 0.0588. The lowest BCUT2D eigenvalue weighted by Crippen LogP contribution is -2.03. The standard InChI is InChI=1S/C17H5B/c1-4-7-10-13-16-18(15-12-9-6-3)17-14-11-8-5-2/h1-2H,3H3. The number of hydrogen-bond acceptors (Lipinski definition) is 0. The Morgan fingerprint density at radius 3 is 1.44 bits per heavy atom. The van der Waals surface area contributed by atoms with E-state index in [-0.39, 0.29) is 0 Å². The molecule has 0 N–H and O–H groups in total. The molecule has 0 fully saturated rings. The summed E-state index contributed by atoms with van der Waals surface area (Å²) in [6.07, 6.45) is 9.91. The van der Waals surface area contributed by atoms with Crippen LogP contribution in [-0.4, -0.2) is 6.71 Å². The SMILES string of the molecule is C#CC#CC#CB(C#CC#CC)C#CC#CC#C. The number of rotatable bonds is 0. The molecular formula is C17H5B. The predicted molar refractivity (Wildman–Crippen MR) is 75.8 cm³/mol. The Morgan fingerprint density at radius 1 is 0.611 bits per heavy atom. The molecule has 0 amide bonds. The van der Waals surface area contributed by atoms with Crippen molar-refractivity contribution >= 4 is 6.71 Å². The summed E-state index contributed by atoms with van der Waals surface area (Å²) in [6, 6.07) is 0. The lowest BCUT2D eigenvalue weighted by atomic mass is 9.52. The third-order valence-corrected chi connectivity index (χ3v) is 1.23. The van der Waals surface area contributed by atoms with Crippen LogP contribution in [-0.2, 0) is 0 Å². The van der Waals surface area contributed by atoms with Crippen molar-refractivity contribution in [3.63, 3.8) is 0 Å². The molecule has 0 heterocycles. The molecule has 0 aliphatic carbocycles. The van der Waals surface area contributed by atoms with Gasteiger partial charge in [0.1, 0.15) is 0 Å². The van der Waals surface area contributed by atoms with Crippen LogP contribution < -0.4 is 0 Å². The van der Waals surface area contributed by atoms with Crippen LogP contribution in [0.5, 0.6) is 0 Å². The van der Waals surface area contributed by atoms with Crippen molar-refractivity contribution in [1.29, 1.82) is 0 Å². The second-order valence-electron chi connectivity index (χ2n) is 2.40. The maximum Gasteiger partial charge on any atom is 0.398 e. The first-order chi connectivity index (χ1) is 8.85. The zero-order valence-corrected chi connectivity index (χ0v) is 9.73. The van der Waals surface area contributed by atoms with Gasteiger partial charge in [0, 0.05) is 0 Å². The Hall–Kier alpha value is -3.46. The van der Waals surface area contributed by atoms with E-state index in [9.17, 15) is 0 Å². The summed E-state index contributed by atoms with van der Waals surface area (Å²) < 4.78 is 0. The van der Waals surface area contributed by atoms with Crippen molar-refractivity contribution in [1.82, 2.24) is 0 Å². The van der Waals surface area contributed by atoms with Gasteiger partial charge >= 0.3 is 6.71 Å². The van der Waals surface area contributed by atoms with Crippen LogP contribution in [0, 0.1) is 95.4 Å². The molecule has 0 spiro atoms. The minimum Gasteiger partial charge on any atom is -0.106 e.